The Morgan fingerprint density at radius 1 is 1.40 bits per heavy atom. The molecule has 0 fully saturated rings. The standard InChI is InChI=1S/C11H9N5O3S/c17-10-9-6(16-8(13-14-9)1-3-12-16)2-4-15(10)7(5-20)11(18)19/h1-4,7,20H,5H2,(H,18,19)/t7-/m0/s1. The first-order valence-corrected chi connectivity index (χ1v) is 6.31. The lowest BCUT2D eigenvalue weighted by Gasteiger charge is -2.13. The van der Waals surface area contributed by atoms with Crippen LogP contribution in [0.1, 0.15) is 6.04 Å². The zero-order valence-electron chi connectivity index (χ0n) is 10.0. The summed E-state index contributed by atoms with van der Waals surface area (Å²) in [6.07, 6.45) is 2.95. The molecule has 3 heterocycles. The minimum Gasteiger partial charge on any atom is -0.480 e. The van der Waals surface area contributed by atoms with Gasteiger partial charge in [-0.15, -0.1) is 10.2 Å². The number of pyridine rings is 1. The molecule has 3 rings (SSSR count). The van der Waals surface area contributed by atoms with Crippen LogP contribution in [0.4, 0.5) is 0 Å². The molecule has 0 saturated carbocycles. The first-order valence-electron chi connectivity index (χ1n) is 5.68. The molecule has 8 nitrogen and oxygen atoms in total. The summed E-state index contributed by atoms with van der Waals surface area (Å²) in [4.78, 5) is 23.4. The molecule has 20 heavy (non-hydrogen) atoms. The minimum atomic E-state index is -1.13. The van der Waals surface area contributed by atoms with Crippen LogP contribution in [-0.2, 0) is 4.79 Å². The van der Waals surface area contributed by atoms with Crippen molar-refractivity contribution in [2.24, 2.45) is 0 Å². The van der Waals surface area contributed by atoms with E-state index in [0.29, 0.717) is 11.2 Å². The van der Waals surface area contributed by atoms with Gasteiger partial charge in [0.25, 0.3) is 5.56 Å². The van der Waals surface area contributed by atoms with Crippen LogP contribution in [0.15, 0.2) is 29.3 Å². The normalized spacial score (nSPS) is 12.8. The number of hydrogen-bond donors (Lipinski definition) is 2. The van der Waals surface area contributed by atoms with E-state index in [1.54, 1.807) is 18.3 Å². The van der Waals surface area contributed by atoms with E-state index >= 15 is 0 Å². The summed E-state index contributed by atoms with van der Waals surface area (Å²) >= 11 is 3.96. The molecule has 9 heteroatoms. The van der Waals surface area contributed by atoms with Crippen molar-refractivity contribution in [2.75, 3.05) is 5.75 Å². The van der Waals surface area contributed by atoms with Crippen LogP contribution in [0.25, 0.3) is 16.7 Å². The predicted octanol–water partition coefficient (Wildman–Crippen LogP) is -0.00530. The van der Waals surface area contributed by atoms with Gasteiger partial charge in [-0.3, -0.25) is 9.36 Å². The Balaban J connectivity index is 2.33. The average molecular weight is 291 g/mol. The van der Waals surface area contributed by atoms with E-state index in [-0.39, 0.29) is 11.3 Å². The predicted molar refractivity (Wildman–Crippen MR) is 73.1 cm³/mol. The summed E-state index contributed by atoms with van der Waals surface area (Å²) in [5.41, 5.74) is 0.522. The monoisotopic (exact) mass is 291 g/mol. The Bertz CT molecular complexity index is 871. The fourth-order valence-electron chi connectivity index (χ4n) is 1.98. The van der Waals surface area contributed by atoms with Crippen molar-refractivity contribution in [3.8, 4) is 0 Å². The number of fused-ring (bicyclic) bond motifs is 3. The quantitative estimate of drug-likeness (QED) is 0.658. The summed E-state index contributed by atoms with van der Waals surface area (Å²) in [6.45, 7) is 0. The molecule has 0 aliphatic heterocycles. The summed E-state index contributed by atoms with van der Waals surface area (Å²) in [5, 5.41) is 20.9. The van der Waals surface area contributed by atoms with Gasteiger partial charge in [0.15, 0.2) is 11.2 Å². The molecule has 0 spiro atoms. The van der Waals surface area contributed by atoms with Crippen LogP contribution >= 0.6 is 12.6 Å². The Morgan fingerprint density at radius 3 is 2.90 bits per heavy atom. The lowest BCUT2D eigenvalue weighted by atomic mass is 10.3. The lowest BCUT2D eigenvalue weighted by molar-refractivity contribution is -0.140. The molecule has 3 aromatic rings. The highest BCUT2D eigenvalue weighted by Gasteiger charge is 2.20. The van der Waals surface area contributed by atoms with E-state index in [1.165, 1.54) is 10.7 Å². The third kappa shape index (κ3) is 1.74. The first-order chi connectivity index (χ1) is 9.63. The van der Waals surface area contributed by atoms with Crippen molar-refractivity contribution in [3.63, 3.8) is 0 Å². The minimum absolute atomic E-state index is 0.00180. The number of hydrogen-bond acceptors (Lipinski definition) is 6. The van der Waals surface area contributed by atoms with Gasteiger partial charge < -0.3 is 5.11 Å². The zero-order valence-corrected chi connectivity index (χ0v) is 10.9. The van der Waals surface area contributed by atoms with Gasteiger partial charge in [0, 0.05) is 18.0 Å². The third-order valence-corrected chi connectivity index (χ3v) is 3.32. The molecule has 3 aromatic heterocycles. The molecule has 102 valence electrons. The smallest absolute Gasteiger partial charge is 0.327 e. The molecule has 0 aliphatic carbocycles. The number of rotatable bonds is 3. The number of carboxylic acids is 1. The number of carboxylic acid groups (broad SMARTS) is 1. The van der Waals surface area contributed by atoms with Crippen molar-refractivity contribution in [1.29, 1.82) is 0 Å². The fraction of sp³-hybridized carbons (Fsp3) is 0.182. The summed E-state index contributed by atoms with van der Waals surface area (Å²) < 4.78 is 2.56. The summed E-state index contributed by atoms with van der Waals surface area (Å²) in [7, 11) is 0. The van der Waals surface area contributed by atoms with Crippen LogP contribution in [0.5, 0.6) is 0 Å². The molecule has 0 radical (unpaired) electrons. The van der Waals surface area contributed by atoms with Crippen LogP contribution in [-0.4, -0.2) is 41.2 Å². The third-order valence-electron chi connectivity index (χ3n) is 2.97. The van der Waals surface area contributed by atoms with Gasteiger partial charge in [-0.25, -0.2) is 9.31 Å². The zero-order chi connectivity index (χ0) is 14.3. The average Bonchev–Trinajstić information content (AvgIpc) is 2.90. The number of aliphatic carboxylic acids is 1. The second-order valence-corrected chi connectivity index (χ2v) is 4.46. The molecule has 0 aliphatic rings. The number of aromatic nitrogens is 5. The van der Waals surface area contributed by atoms with Gasteiger partial charge in [-0.2, -0.15) is 17.7 Å². The Hall–Kier alpha value is -2.42. The highest BCUT2D eigenvalue weighted by molar-refractivity contribution is 7.80. The van der Waals surface area contributed by atoms with E-state index in [9.17, 15) is 9.59 Å². The van der Waals surface area contributed by atoms with E-state index in [2.05, 4.69) is 27.9 Å². The van der Waals surface area contributed by atoms with E-state index in [4.69, 9.17) is 5.11 Å². The van der Waals surface area contributed by atoms with E-state index < -0.39 is 17.6 Å². The maximum atomic E-state index is 12.3. The van der Waals surface area contributed by atoms with Crippen molar-refractivity contribution < 1.29 is 9.90 Å². The maximum absolute atomic E-state index is 12.3. The molecular weight excluding hydrogens is 282 g/mol. The SMILES string of the molecule is O=C(O)[C@H](CS)n1ccc2c(nnc3ccnn32)c1=O. The molecule has 0 saturated heterocycles. The van der Waals surface area contributed by atoms with Crippen molar-refractivity contribution in [3.05, 3.63) is 34.9 Å². The van der Waals surface area contributed by atoms with E-state index in [1.807, 2.05) is 0 Å². The highest BCUT2D eigenvalue weighted by atomic mass is 32.1. The van der Waals surface area contributed by atoms with Gasteiger partial charge in [0.1, 0.15) is 11.6 Å². The van der Waals surface area contributed by atoms with Gasteiger partial charge >= 0.3 is 5.97 Å². The van der Waals surface area contributed by atoms with E-state index in [0.717, 1.165) is 4.57 Å². The Labute approximate surface area is 117 Å². The fourth-order valence-corrected chi connectivity index (χ4v) is 2.32. The van der Waals surface area contributed by atoms with Crippen molar-refractivity contribution >= 4 is 35.3 Å². The largest absolute Gasteiger partial charge is 0.480 e. The second kappa shape index (κ2) is 4.60. The van der Waals surface area contributed by atoms with Gasteiger partial charge in [0.2, 0.25) is 0 Å². The topological polar surface area (TPSA) is 102 Å². The summed E-state index contributed by atoms with van der Waals surface area (Å²) in [6, 6.07) is 2.20. The van der Waals surface area contributed by atoms with Crippen molar-refractivity contribution in [2.45, 2.75) is 6.04 Å². The first kappa shape index (κ1) is 12.6. The molecule has 0 aromatic carbocycles. The second-order valence-electron chi connectivity index (χ2n) is 4.10. The molecule has 1 N–H and O–H groups in total. The van der Waals surface area contributed by atoms with Crippen LogP contribution in [0.2, 0.25) is 0 Å². The molecule has 0 amide bonds. The number of carbonyl (C=O) groups is 1. The molecule has 1 atom stereocenters. The van der Waals surface area contributed by atoms with Gasteiger partial charge in [-0.05, 0) is 6.07 Å². The Morgan fingerprint density at radius 2 is 2.20 bits per heavy atom. The number of thiol groups is 1. The maximum Gasteiger partial charge on any atom is 0.327 e. The van der Waals surface area contributed by atoms with Crippen LogP contribution in [0, 0.1) is 0 Å². The highest BCUT2D eigenvalue weighted by Crippen LogP contribution is 2.11. The van der Waals surface area contributed by atoms with Gasteiger partial charge in [0.05, 0.1) is 6.20 Å². The molecular formula is C11H9N5O3S. The molecule has 0 bridgehead atoms. The molecule has 0 unspecified atom stereocenters. The van der Waals surface area contributed by atoms with Crippen LogP contribution < -0.4 is 5.56 Å². The van der Waals surface area contributed by atoms with Gasteiger partial charge in [-0.1, -0.05) is 0 Å². The number of nitrogens with zero attached hydrogens (tertiary/aromatic N) is 5. The van der Waals surface area contributed by atoms with Crippen LogP contribution in [0.3, 0.4) is 0 Å². The summed E-state index contributed by atoms with van der Waals surface area (Å²) in [5.74, 6) is -1.13. The van der Waals surface area contributed by atoms with Crippen molar-refractivity contribution in [1.82, 2.24) is 24.4 Å². The Kier molecular flexibility index (Phi) is 2.90. The lowest BCUT2D eigenvalue weighted by Crippen LogP contribution is -2.31.